The van der Waals surface area contributed by atoms with Crippen LogP contribution in [-0.2, 0) is 4.79 Å². The molecule has 0 saturated carbocycles. The number of thiophene rings is 1. The van der Waals surface area contributed by atoms with Crippen LogP contribution in [0.3, 0.4) is 0 Å². The Balaban J connectivity index is 1.61. The fraction of sp³-hybridized carbons (Fsp3) is 0.160. The molecule has 1 amide bonds. The van der Waals surface area contributed by atoms with Crippen LogP contribution in [-0.4, -0.2) is 26.4 Å². The van der Waals surface area contributed by atoms with Crippen molar-refractivity contribution < 1.29 is 4.79 Å². The summed E-state index contributed by atoms with van der Waals surface area (Å²) in [6, 6.07) is 24.1. The Kier molecular flexibility index (Phi) is 5.22. The molecule has 1 unspecified atom stereocenters. The van der Waals surface area contributed by atoms with Crippen LogP contribution in [0.1, 0.15) is 36.9 Å². The van der Waals surface area contributed by atoms with Crippen LogP contribution < -0.4 is 0 Å². The van der Waals surface area contributed by atoms with Gasteiger partial charge in [-0.25, -0.2) is 9.69 Å². The summed E-state index contributed by atoms with van der Waals surface area (Å²) < 4.78 is 1.90. The maximum atomic E-state index is 12.8. The van der Waals surface area contributed by atoms with Crippen LogP contribution in [0.4, 0.5) is 0 Å². The van der Waals surface area contributed by atoms with Gasteiger partial charge in [0.05, 0.1) is 22.3 Å². The van der Waals surface area contributed by atoms with Gasteiger partial charge in [0.25, 0.3) is 0 Å². The maximum Gasteiger partial charge on any atom is 0.242 e. The van der Waals surface area contributed by atoms with Crippen molar-refractivity contribution in [1.29, 1.82) is 0 Å². The number of hydrogen-bond donors (Lipinski definition) is 0. The number of carbonyl (C=O) groups excluding carboxylic acids is 1. The molecule has 0 aliphatic carbocycles. The number of amides is 1. The number of hydrazone groups is 1. The van der Waals surface area contributed by atoms with E-state index in [9.17, 15) is 4.79 Å². The lowest BCUT2D eigenvalue weighted by Gasteiger charge is -2.21. The van der Waals surface area contributed by atoms with Gasteiger partial charge < -0.3 is 0 Å². The Labute approximate surface area is 185 Å². The van der Waals surface area contributed by atoms with Gasteiger partial charge in [-0.3, -0.25) is 4.79 Å². The molecule has 0 N–H and O–H groups in total. The predicted molar refractivity (Wildman–Crippen MR) is 124 cm³/mol. The molecule has 6 heteroatoms. The summed E-state index contributed by atoms with van der Waals surface area (Å²) >= 11 is 1.65. The lowest BCUT2D eigenvalue weighted by molar-refractivity contribution is -0.132. The quantitative estimate of drug-likeness (QED) is 0.412. The molecule has 5 nitrogen and oxygen atoms in total. The second-order valence-corrected chi connectivity index (χ2v) is 8.36. The van der Waals surface area contributed by atoms with Crippen molar-refractivity contribution in [2.75, 3.05) is 0 Å². The molecule has 2 aromatic carbocycles. The van der Waals surface area contributed by atoms with Crippen molar-refractivity contribution in [2.45, 2.75) is 25.8 Å². The molecule has 154 valence electrons. The third-order valence-corrected chi connectivity index (χ3v) is 6.33. The third-order valence-electron chi connectivity index (χ3n) is 5.45. The molecule has 4 aromatic rings. The third kappa shape index (κ3) is 3.70. The van der Waals surface area contributed by atoms with Crippen LogP contribution in [0.25, 0.3) is 16.3 Å². The summed E-state index contributed by atoms with van der Waals surface area (Å²) in [5.74, 6) is 0.0144. The molecule has 0 bridgehead atoms. The average Bonchev–Trinajstić information content (AvgIpc) is 3.58. The maximum absolute atomic E-state index is 12.8. The van der Waals surface area contributed by atoms with E-state index in [0.717, 1.165) is 33.1 Å². The van der Waals surface area contributed by atoms with E-state index >= 15 is 0 Å². The Bertz CT molecular complexity index is 1210. The molecule has 1 aliphatic rings. The molecule has 5 rings (SSSR count). The van der Waals surface area contributed by atoms with Crippen molar-refractivity contribution in [3.05, 3.63) is 95.5 Å². The first-order valence-corrected chi connectivity index (χ1v) is 11.3. The molecule has 2 aromatic heterocycles. The second-order valence-electron chi connectivity index (χ2n) is 7.41. The number of benzene rings is 2. The molecule has 0 saturated heterocycles. The first-order chi connectivity index (χ1) is 15.2. The zero-order valence-electron chi connectivity index (χ0n) is 17.2. The summed E-state index contributed by atoms with van der Waals surface area (Å²) in [7, 11) is 0. The first kappa shape index (κ1) is 19.5. The van der Waals surface area contributed by atoms with Gasteiger partial charge in [-0.1, -0.05) is 61.5 Å². The van der Waals surface area contributed by atoms with E-state index < -0.39 is 0 Å². The molecular formula is C25H22N4OS. The minimum Gasteiger partial charge on any atom is -0.273 e. The molecule has 1 atom stereocenters. The summed E-state index contributed by atoms with van der Waals surface area (Å²) in [5, 5.41) is 13.4. The first-order valence-electron chi connectivity index (χ1n) is 10.4. The van der Waals surface area contributed by atoms with Crippen LogP contribution in [0.15, 0.2) is 89.5 Å². The van der Waals surface area contributed by atoms with Crippen LogP contribution in [0.2, 0.25) is 0 Å². The summed E-state index contributed by atoms with van der Waals surface area (Å²) in [5.41, 5.74) is 4.89. The van der Waals surface area contributed by atoms with E-state index in [4.69, 9.17) is 10.2 Å². The van der Waals surface area contributed by atoms with Gasteiger partial charge in [-0.15, -0.1) is 11.3 Å². The van der Waals surface area contributed by atoms with Crippen molar-refractivity contribution in [1.82, 2.24) is 14.8 Å². The van der Waals surface area contributed by atoms with Crippen LogP contribution in [0, 0.1) is 0 Å². The number of para-hydroxylation sites is 1. The number of aromatic nitrogens is 2. The molecule has 0 spiro atoms. The molecule has 31 heavy (non-hydrogen) atoms. The lowest BCUT2D eigenvalue weighted by Crippen LogP contribution is -2.26. The van der Waals surface area contributed by atoms with Crippen molar-refractivity contribution in [2.24, 2.45) is 5.10 Å². The van der Waals surface area contributed by atoms with E-state index in [1.54, 1.807) is 16.3 Å². The fourth-order valence-electron chi connectivity index (χ4n) is 3.90. The van der Waals surface area contributed by atoms with Crippen molar-refractivity contribution in [3.63, 3.8) is 0 Å². The zero-order valence-corrected chi connectivity index (χ0v) is 18.0. The normalized spacial score (nSPS) is 15.8. The number of carbonyl (C=O) groups is 1. The van der Waals surface area contributed by atoms with Gasteiger partial charge in [0.2, 0.25) is 5.91 Å². The zero-order chi connectivity index (χ0) is 21.2. The molecule has 1 aliphatic heterocycles. The average molecular weight is 427 g/mol. The van der Waals surface area contributed by atoms with Gasteiger partial charge in [-0.05, 0) is 29.1 Å². The van der Waals surface area contributed by atoms with Gasteiger partial charge in [0.1, 0.15) is 5.69 Å². The standard InChI is InChI=1S/C25H22N4OS/c1-2-24(30)29-22(16-21(26-29)18-10-5-3-6-11-18)20-17-28(19-12-7-4-8-13-19)27-25(20)23-14-9-15-31-23/h3-15,17,22H,2,16H2,1H3. The fourth-order valence-corrected chi connectivity index (χ4v) is 4.63. The Hall–Kier alpha value is -3.51. The number of hydrogen-bond acceptors (Lipinski definition) is 4. The number of rotatable bonds is 5. The Morgan fingerprint density at radius 3 is 2.45 bits per heavy atom. The van der Waals surface area contributed by atoms with E-state index in [1.165, 1.54) is 0 Å². The predicted octanol–water partition coefficient (Wildman–Crippen LogP) is 5.69. The van der Waals surface area contributed by atoms with Gasteiger partial charge >= 0.3 is 0 Å². The van der Waals surface area contributed by atoms with Crippen LogP contribution in [0.5, 0.6) is 0 Å². The van der Waals surface area contributed by atoms with Crippen LogP contribution >= 0.6 is 11.3 Å². The summed E-state index contributed by atoms with van der Waals surface area (Å²) in [6.07, 6.45) is 3.12. The molecule has 0 fully saturated rings. The minimum atomic E-state index is -0.183. The highest BCUT2D eigenvalue weighted by molar-refractivity contribution is 7.13. The van der Waals surface area contributed by atoms with Gasteiger partial charge in [-0.2, -0.15) is 10.2 Å². The van der Waals surface area contributed by atoms with Crippen molar-refractivity contribution in [3.8, 4) is 16.3 Å². The van der Waals surface area contributed by atoms with E-state index in [0.29, 0.717) is 12.8 Å². The summed E-state index contributed by atoms with van der Waals surface area (Å²) in [4.78, 5) is 13.9. The van der Waals surface area contributed by atoms with Gasteiger partial charge in [0, 0.05) is 24.6 Å². The highest BCUT2D eigenvalue weighted by Gasteiger charge is 2.35. The largest absolute Gasteiger partial charge is 0.273 e. The Morgan fingerprint density at radius 1 is 1.03 bits per heavy atom. The highest BCUT2D eigenvalue weighted by Crippen LogP contribution is 2.39. The highest BCUT2D eigenvalue weighted by atomic mass is 32.1. The minimum absolute atomic E-state index is 0.0144. The second kappa shape index (κ2) is 8.32. The molecular weight excluding hydrogens is 404 g/mol. The van der Waals surface area contributed by atoms with E-state index in [-0.39, 0.29) is 11.9 Å². The Morgan fingerprint density at radius 2 is 1.77 bits per heavy atom. The lowest BCUT2D eigenvalue weighted by atomic mass is 9.98. The topological polar surface area (TPSA) is 50.5 Å². The van der Waals surface area contributed by atoms with Crippen molar-refractivity contribution >= 4 is 23.0 Å². The van der Waals surface area contributed by atoms with E-state index in [1.807, 2.05) is 78.3 Å². The molecule has 0 radical (unpaired) electrons. The molecule has 3 heterocycles. The van der Waals surface area contributed by atoms with Gasteiger partial charge in [0.15, 0.2) is 0 Å². The monoisotopic (exact) mass is 426 g/mol. The van der Waals surface area contributed by atoms with E-state index in [2.05, 4.69) is 17.6 Å². The summed E-state index contributed by atoms with van der Waals surface area (Å²) in [6.45, 7) is 1.88. The number of nitrogens with zero attached hydrogens (tertiary/aromatic N) is 4. The smallest absolute Gasteiger partial charge is 0.242 e. The SMILES string of the molecule is CCC(=O)N1N=C(c2ccccc2)CC1c1cn(-c2ccccc2)nc1-c1cccs1.